The Bertz CT molecular complexity index is 598. The monoisotopic (exact) mass is 303 g/mol. The molecule has 0 spiro atoms. The van der Waals surface area contributed by atoms with Crippen molar-refractivity contribution in [2.75, 3.05) is 11.9 Å². The molecule has 1 rings (SSSR count). The first-order valence-corrected chi connectivity index (χ1v) is 6.83. The maximum Gasteiger partial charge on any atom is 0.334 e. The lowest BCUT2D eigenvalue weighted by Gasteiger charge is -2.09. The van der Waals surface area contributed by atoms with Crippen LogP contribution < -0.4 is 15.8 Å². The lowest BCUT2D eigenvalue weighted by Crippen LogP contribution is -2.38. The Labute approximate surface area is 114 Å². The van der Waals surface area contributed by atoms with Gasteiger partial charge in [-0.25, -0.2) is 23.1 Å². The number of aliphatic hydroxyl groups is 1. The molecule has 0 aromatic heterocycles. The van der Waals surface area contributed by atoms with Crippen LogP contribution in [0.2, 0.25) is 0 Å². The van der Waals surface area contributed by atoms with Crippen LogP contribution in [0.25, 0.3) is 0 Å². The summed E-state index contributed by atoms with van der Waals surface area (Å²) in [6.45, 7) is -0.462. The van der Waals surface area contributed by atoms with E-state index >= 15 is 0 Å². The number of primary sulfonamides is 1. The molecule has 0 saturated heterocycles. The van der Waals surface area contributed by atoms with Crippen molar-refractivity contribution >= 4 is 27.7 Å². The van der Waals surface area contributed by atoms with Gasteiger partial charge in [-0.1, -0.05) is 0 Å². The van der Waals surface area contributed by atoms with Gasteiger partial charge >= 0.3 is 12.0 Å². The highest BCUT2D eigenvalue weighted by Crippen LogP contribution is 2.12. The number of carbonyl (C=O) groups excluding carboxylic acids is 1. The standard InChI is InChI=1S/C10H13N3O6S/c11-20(18,19)7-3-1-6(2-4-7)13-10(17)12-5-8(14)9(15)16/h1-4,8,14H,5H2,(H,15,16)(H2,11,18,19)(H2,12,13,17). The minimum Gasteiger partial charge on any atom is -0.479 e. The number of nitrogens with two attached hydrogens (primary N) is 1. The molecular weight excluding hydrogens is 290 g/mol. The number of urea groups is 1. The molecule has 110 valence electrons. The van der Waals surface area contributed by atoms with Gasteiger partial charge in [0.1, 0.15) is 0 Å². The molecule has 0 radical (unpaired) electrons. The molecule has 0 fully saturated rings. The van der Waals surface area contributed by atoms with Gasteiger partial charge < -0.3 is 20.8 Å². The molecular formula is C10H13N3O6S. The normalized spacial score (nSPS) is 12.5. The smallest absolute Gasteiger partial charge is 0.334 e. The van der Waals surface area contributed by atoms with Gasteiger partial charge in [-0.3, -0.25) is 0 Å². The number of carboxylic acids is 1. The Morgan fingerprint density at radius 1 is 1.25 bits per heavy atom. The Morgan fingerprint density at radius 3 is 2.25 bits per heavy atom. The first-order chi connectivity index (χ1) is 9.20. The largest absolute Gasteiger partial charge is 0.479 e. The number of carbonyl (C=O) groups is 2. The number of carboxylic acid groups (broad SMARTS) is 1. The van der Waals surface area contributed by atoms with Gasteiger partial charge in [0, 0.05) is 5.69 Å². The van der Waals surface area contributed by atoms with E-state index in [0.29, 0.717) is 0 Å². The lowest BCUT2D eigenvalue weighted by atomic mass is 10.3. The van der Waals surface area contributed by atoms with Crippen molar-refractivity contribution in [3.8, 4) is 0 Å². The van der Waals surface area contributed by atoms with E-state index in [2.05, 4.69) is 10.6 Å². The van der Waals surface area contributed by atoms with Crippen LogP contribution >= 0.6 is 0 Å². The van der Waals surface area contributed by atoms with Gasteiger partial charge in [-0.15, -0.1) is 0 Å². The van der Waals surface area contributed by atoms with Crippen LogP contribution in [0.3, 0.4) is 0 Å². The number of hydrogen-bond acceptors (Lipinski definition) is 5. The Morgan fingerprint density at radius 2 is 1.80 bits per heavy atom. The Kier molecular flexibility index (Phi) is 5.02. The number of sulfonamides is 1. The summed E-state index contributed by atoms with van der Waals surface area (Å²) < 4.78 is 22.0. The number of aliphatic hydroxyl groups excluding tert-OH is 1. The molecule has 1 unspecified atom stereocenters. The fraction of sp³-hybridized carbons (Fsp3) is 0.200. The highest BCUT2D eigenvalue weighted by atomic mass is 32.2. The van der Waals surface area contributed by atoms with Crippen LogP contribution in [0.1, 0.15) is 0 Å². The second-order valence-corrected chi connectivity index (χ2v) is 5.32. The van der Waals surface area contributed by atoms with Gasteiger partial charge in [0.2, 0.25) is 10.0 Å². The van der Waals surface area contributed by atoms with Crippen LogP contribution in [0.5, 0.6) is 0 Å². The molecule has 0 heterocycles. The van der Waals surface area contributed by atoms with Gasteiger partial charge in [-0.2, -0.15) is 0 Å². The van der Waals surface area contributed by atoms with Crippen LogP contribution in [0.15, 0.2) is 29.2 Å². The first kappa shape index (κ1) is 15.9. The van der Waals surface area contributed by atoms with Crippen molar-refractivity contribution in [3.63, 3.8) is 0 Å². The van der Waals surface area contributed by atoms with Crippen molar-refractivity contribution < 1.29 is 28.2 Å². The van der Waals surface area contributed by atoms with Crippen LogP contribution in [-0.4, -0.2) is 43.3 Å². The van der Waals surface area contributed by atoms with E-state index in [1.165, 1.54) is 24.3 Å². The summed E-state index contributed by atoms with van der Waals surface area (Å²) in [5.74, 6) is -1.46. The van der Waals surface area contributed by atoms with Crippen molar-refractivity contribution in [1.29, 1.82) is 0 Å². The number of rotatable bonds is 5. The molecule has 6 N–H and O–H groups in total. The maximum absolute atomic E-state index is 11.4. The van der Waals surface area contributed by atoms with Crippen LogP contribution in [-0.2, 0) is 14.8 Å². The molecule has 0 bridgehead atoms. The number of benzene rings is 1. The average molecular weight is 303 g/mol. The Balaban J connectivity index is 2.57. The second kappa shape index (κ2) is 6.32. The van der Waals surface area contributed by atoms with Crippen molar-refractivity contribution in [1.82, 2.24) is 5.32 Å². The van der Waals surface area contributed by atoms with Crippen molar-refractivity contribution in [2.45, 2.75) is 11.0 Å². The summed E-state index contributed by atoms with van der Waals surface area (Å²) in [4.78, 5) is 21.6. The van der Waals surface area contributed by atoms with E-state index in [9.17, 15) is 18.0 Å². The van der Waals surface area contributed by atoms with Crippen LogP contribution in [0, 0.1) is 0 Å². The van der Waals surface area contributed by atoms with Crippen LogP contribution in [0.4, 0.5) is 10.5 Å². The first-order valence-electron chi connectivity index (χ1n) is 5.29. The molecule has 0 aliphatic heterocycles. The highest BCUT2D eigenvalue weighted by molar-refractivity contribution is 7.89. The quantitative estimate of drug-likeness (QED) is 0.464. The van der Waals surface area contributed by atoms with Crippen molar-refractivity contribution in [3.05, 3.63) is 24.3 Å². The summed E-state index contributed by atoms with van der Waals surface area (Å²) >= 11 is 0. The summed E-state index contributed by atoms with van der Waals surface area (Å²) in [5, 5.41) is 26.7. The van der Waals surface area contributed by atoms with E-state index in [0.717, 1.165) is 0 Å². The molecule has 1 aromatic rings. The number of nitrogens with one attached hydrogen (secondary N) is 2. The molecule has 9 nitrogen and oxygen atoms in total. The van der Waals surface area contributed by atoms with E-state index in [1.807, 2.05) is 0 Å². The van der Waals surface area contributed by atoms with Gasteiger partial charge in [0.05, 0.1) is 11.4 Å². The van der Waals surface area contributed by atoms with E-state index in [1.54, 1.807) is 0 Å². The van der Waals surface area contributed by atoms with Gasteiger partial charge in [-0.05, 0) is 24.3 Å². The third-order valence-corrected chi connectivity index (χ3v) is 3.11. The predicted octanol–water partition coefficient (Wildman–Crippen LogP) is -1.10. The topological polar surface area (TPSA) is 159 Å². The summed E-state index contributed by atoms with van der Waals surface area (Å²) in [5.41, 5.74) is 0.278. The molecule has 10 heteroatoms. The number of amides is 2. The third kappa shape index (κ3) is 4.84. The molecule has 20 heavy (non-hydrogen) atoms. The molecule has 1 atom stereocenters. The predicted molar refractivity (Wildman–Crippen MR) is 68.5 cm³/mol. The third-order valence-electron chi connectivity index (χ3n) is 2.18. The molecule has 2 amide bonds. The fourth-order valence-corrected chi connectivity index (χ4v) is 1.70. The summed E-state index contributed by atoms with van der Waals surface area (Å²) in [6, 6.07) is 4.29. The maximum atomic E-state index is 11.4. The minimum atomic E-state index is -3.81. The van der Waals surface area contributed by atoms with E-state index < -0.39 is 34.7 Å². The fourth-order valence-electron chi connectivity index (χ4n) is 1.18. The zero-order valence-electron chi connectivity index (χ0n) is 10.1. The molecule has 0 aliphatic rings. The Hall–Kier alpha value is -2.17. The average Bonchev–Trinajstić information content (AvgIpc) is 2.35. The SMILES string of the molecule is NS(=O)(=O)c1ccc(NC(=O)NCC(O)C(=O)O)cc1. The molecule has 0 aliphatic carbocycles. The highest BCUT2D eigenvalue weighted by Gasteiger charge is 2.14. The van der Waals surface area contributed by atoms with E-state index in [4.69, 9.17) is 15.4 Å². The minimum absolute atomic E-state index is 0.107. The van der Waals surface area contributed by atoms with Gasteiger partial charge in [0.15, 0.2) is 6.10 Å². The number of hydrogen-bond donors (Lipinski definition) is 5. The summed E-state index contributed by atoms with van der Waals surface area (Å²) in [6.07, 6.45) is -1.70. The molecule has 0 saturated carbocycles. The number of anilines is 1. The zero-order chi connectivity index (χ0) is 15.3. The second-order valence-electron chi connectivity index (χ2n) is 3.76. The summed E-state index contributed by atoms with van der Waals surface area (Å²) in [7, 11) is -3.81. The number of aliphatic carboxylic acids is 1. The van der Waals surface area contributed by atoms with E-state index in [-0.39, 0.29) is 10.6 Å². The zero-order valence-corrected chi connectivity index (χ0v) is 10.9. The lowest BCUT2D eigenvalue weighted by molar-refractivity contribution is -0.146. The van der Waals surface area contributed by atoms with Crippen molar-refractivity contribution in [2.24, 2.45) is 5.14 Å². The van der Waals surface area contributed by atoms with Gasteiger partial charge in [0.25, 0.3) is 0 Å². The molecule has 1 aromatic carbocycles.